The fourth-order valence-corrected chi connectivity index (χ4v) is 2.13. The van der Waals surface area contributed by atoms with Crippen LogP contribution in [0.1, 0.15) is 12.0 Å². The van der Waals surface area contributed by atoms with Gasteiger partial charge in [-0.2, -0.15) is 0 Å². The van der Waals surface area contributed by atoms with Crippen molar-refractivity contribution in [1.82, 2.24) is 9.78 Å². The summed E-state index contributed by atoms with van der Waals surface area (Å²) < 4.78 is 11.4. The Kier molecular flexibility index (Phi) is 5.35. The molecule has 0 bridgehead atoms. The number of nitro groups is 1. The van der Waals surface area contributed by atoms with Crippen LogP contribution in [-0.4, -0.2) is 34.8 Å². The van der Waals surface area contributed by atoms with Crippen LogP contribution >= 0.6 is 0 Å². The Bertz CT molecular complexity index is 756. The lowest BCUT2D eigenvalue weighted by Gasteiger charge is -2.11. The first kappa shape index (κ1) is 17.3. The number of carbonyl (C=O) groups is 1. The lowest BCUT2D eigenvalue weighted by atomic mass is 10.2. The van der Waals surface area contributed by atoms with E-state index in [1.165, 1.54) is 25.1 Å². The Morgan fingerprint density at radius 2 is 2.12 bits per heavy atom. The molecule has 24 heavy (non-hydrogen) atoms. The highest BCUT2D eigenvalue weighted by molar-refractivity contribution is 5.92. The minimum Gasteiger partial charge on any atom is -0.495 e. The number of benzene rings is 1. The zero-order chi connectivity index (χ0) is 17.7. The molecule has 1 aromatic heterocycles. The summed E-state index contributed by atoms with van der Waals surface area (Å²) in [6.07, 6.45) is 1.33. The van der Waals surface area contributed by atoms with Gasteiger partial charge in [0.1, 0.15) is 11.9 Å². The molecule has 1 aromatic carbocycles. The van der Waals surface area contributed by atoms with Crippen molar-refractivity contribution in [2.75, 3.05) is 19.5 Å². The molecule has 2 rings (SSSR count). The number of amides is 1. The predicted octanol–water partition coefficient (Wildman–Crippen LogP) is 2.15. The summed E-state index contributed by atoms with van der Waals surface area (Å²) in [4.78, 5) is 22.4. The third-order valence-corrected chi connectivity index (χ3v) is 3.30. The van der Waals surface area contributed by atoms with E-state index in [0.29, 0.717) is 11.4 Å². The van der Waals surface area contributed by atoms with E-state index in [9.17, 15) is 14.9 Å². The van der Waals surface area contributed by atoms with Crippen LogP contribution in [0.3, 0.4) is 0 Å². The maximum atomic E-state index is 12.1. The second-order valence-corrected chi connectivity index (χ2v) is 5.05. The molecular formula is C15H18N4O5. The minimum atomic E-state index is -0.583. The molecule has 0 radical (unpaired) electrons. The van der Waals surface area contributed by atoms with Crippen LogP contribution in [0.4, 0.5) is 11.4 Å². The van der Waals surface area contributed by atoms with Gasteiger partial charge in [0, 0.05) is 6.42 Å². The normalized spacial score (nSPS) is 10.3. The van der Waals surface area contributed by atoms with Gasteiger partial charge in [0.2, 0.25) is 5.91 Å². The van der Waals surface area contributed by atoms with E-state index >= 15 is 0 Å². The second kappa shape index (κ2) is 7.44. The summed E-state index contributed by atoms with van der Waals surface area (Å²) in [7, 11) is 2.83. The molecule has 1 N–H and O–H groups in total. The molecule has 0 saturated heterocycles. The molecule has 0 atom stereocenters. The zero-order valence-electron chi connectivity index (χ0n) is 13.6. The number of rotatable bonds is 7. The number of hydrogen-bond donors (Lipinski definition) is 1. The van der Waals surface area contributed by atoms with Crippen molar-refractivity contribution in [2.24, 2.45) is 0 Å². The van der Waals surface area contributed by atoms with E-state index in [-0.39, 0.29) is 30.4 Å². The molecule has 0 unspecified atom stereocenters. The van der Waals surface area contributed by atoms with E-state index in [0.717, 1.165) is 5.56 Å². The summed E-state index contributed by atoms with van der Waals surface area (Å²) in [6.45, 7) is 2.09. The first-order valence-electron chi connectivity index (χ1n) is 7.15. The first-order chi connectivity index (χ1) is 11.4. The van der Waals surface area contributed by atoms with Crippen LogP contribution in [0.15, 0.2) is 24.4 Å². The summed E-state index contributed by atoms with van der Waals surface area (Å²) in [5, 5.41) is 17.5. The molecule has 1 heterocycles. The van der Waals surface area contributed by atoms with Gasteiger partial charge < -0.3 is 14.8 Å². The third kappa shape index (κ3) is 4.00. The van der Waals surface area contributed by atoms with Gasteiger partial charge in [-0.3, -0.25) is 19.6 Å². The fourth-order valence-electron chi connectivity index (χ4n) is 2.13. The summed E-state index contributed by atoms with van der Waals surface area (Å²) >= 11 is 0. The molecule has 0 aliphatic carbocycles. The average molecular weight is 334 g/mol. The molecule has 128 valence electrons. The van der Waals surface area contributed by atoms with Crippen molar-refractivity contribution in [3.63, 3.8) is 0 Å². The van der Waals surface area contributed by atoms with E-state index in [2.05, 4.69) is 10.4 Å². The van der Waals surface area contributed by atoms with Crippen LogP contribution in [0, 0.1) is 17.0 Å². The van der Waals surface area contributed by atoms with Gasteiger partial charge in [-0.1, -0.05) is 6.07 Å². The van der Waals surface area contributed by atoms with E-state index in [4.69, 9.17) is 9.47 Å². The summed E-state index contributed by atoms with van der Waals surface area (Å²) in [6, 6.07) is 5.45. The van der Waals surface area contributed by atoms with Gasteiger partial charge in [-0.25, -0.2) is 0 Å². The van der Waals surface area contributed by atoms with E-state index in [1.807, 2.05) is 13.0 Å². The van der Waals surface area contributed by atoms with Crippen molar-refractivity contribution in [2.45, 2.75) is 19.9 Å². The quantitative estimate of drug-likeness (QED) is 0.614. The van der Waals surface area contributed by atoms with Crippen molar-refractivity contribution in [1.29, 1.82) is 0 Å². The Morgan fingerprint density at radius 3 is 2.71 bits per heavy atom. The molecule has 0 aliphatic rings. The second-order valence-electron chi connectivity index (χ2n) is 5.05. The van der Waals surface area contributed by atoms with Crippen molar-refractivity contribution >= 4 is 17.3 Å². The van der Waals surface area contributed by atoms with Gasteiger partial charge in [0.15, 0.2) is 0 Å². The van der Waals surface area contributed by atoms with Crippen molar-refractivity contribution < 1.29 is 19.2 Å². The molecule has 1 amide bonds. The number of anilines is 1. The Balaban J connectivity index is 2.01. The van der Waals surface area contributed by atoms with Gasteiger partial charge >= 0.3 is 11.6 Å². The molecule has 2 aromatic rings. The molecule has 0 saturated carbocycles. The van der Waals surface area contributed by atoms with Gasteiger partial charge in [-0.15, -0.1) is 5.10 Å². The molecule has 9 nitrogen and oxygen atoms in total. The van der Waals surface area contributed by atoms with E-state index in [1.54, 1.807) is 12.1 Å². The van der Waals surface area contributed by atoms with Gasteiger partial charge in [0.05, 0.1) is 31.4 Å². The number of nitrogens with one attached hydrogen (secondary N) is 1. The SMILES string of the molecule is COc1ccc(C)cc1NC(=O)CCn1cc([N+](=O)[O-])c(OC)n1. The topological polar surface area (TPSA) is 109 Å². The van der Waals surface area contributed by atoms with Gasteiger partial charge in [0.25, 0.3) is 0 Å². The molecule has 0 aliphatic heterocycles. The third-order valence-electron chi connectivity index (χ3n) is 3.30. The standard InChI is InChI=1S/C15H18N4O5/c1-10-4-5-13(23-2)11(8-10)16-14(20)6-7-18-9-12(19(21)22)15(17-18)24-3/h4-5,8-9H,6-7H2,1-3H3,(H,16,20). The van der Waals surface area contributed by atoms with Crippen LogP contribution in [0.25, 0.3) is 0 Å². The number of hydrogen-bond acceptors (Lipinski definition) is 6. The highest BCUT2D eigenvalue weighted by atomic mass is 16.6. The smallest absolute Gasteiger partial charge is 0.350 e. The summed E-state index contributed by atoms with van der Waals surface area (Å²) in [5.41, 5.74) is 1.32. The van der Waals surface area contributed by atoms with E-state index < -0.39 is 4.92 Å². The lowest BCUT2D eigenvalue weighted by Crippen LogP contribution is -2.15. The van der Waals surface area contributed by atoms with Crippen LogP contribution in [0.5, 0.6) is 11.6 Å². The lowest BCUT2D eigenvalue weighted by molar-refractivity contribution is -0.385. The van der Waals surface area contributed by atoms with Crippen LogP contribution < -0.4 is 14.8 Å². The maximum Gasteiger partial charge on any atom is 0.350 e. The number of nitrogens with zero attached hydrogens (tertiary/aromatic N) is 3. The van der Waals surface area contributed by atoms with Gasteiger partial charge in [-0.05, 0) is 24.6 Å². The number of aromatic nitrogens is 2. The highest BCUT2D eigenvalue weighted by Crippen LogP contribution is 2.26. The fraction of sp³-hybridized carbons (Fsp3) is 0.333. The molecular weight excluding hydrogens is 316 g/mol. The average Bonchev–Trinajstić information content (AvgIpc) is 2.97. The number of aryl methyl sites for hydroxylation is 2. The van der Waals surface area contributed by atoms with Crippen molar-refractivity contribution in [3.05, 3.63) is 40.1 Å². The highest BCUT2D eigenvalue weighted by Gasteiger charge is 2.20. The predicted molar refractivity (Wildman–Crippen MR) is 86.4 cm³/mol. The van der Waals surface area contributed by atoms with Crippen LogP contribution in [0.2, 0.25) is 0 Å². The number of ether oxygens (including phenoxy) is 2. The molecule has 0 spiro atoms. The Morgan fingerprint density at radius 1 is 1.38 bits per heavy atom. The first-order valence-corrected chi connectivity index (χ1v) is 7.15. The van der Waals surface area contributed by atoms with Crippen molar-refractivity contribution in [3.8, 4) is 11.6 Å². The maximum absolute atomic E-state index is 12.1. The molecule has 0 fully saturated rings. The summed E-state index contributed by atoms with van der Waals surface area (Å²) in [5.74, 6) is 0.224. The molecule has 9 heteroatoms. The number of methoxy groups -OCH3 is 2. The Hall–Kier alpha value is -3.10. The van der Waals surface area contributed by atoms with Crippen LogP contribution in [-0.2, 0) is 11.3 Å². The monoisotopic (exact) mass is 334 g/mol. The Labute approximate surface area is 138 Å². The largest absolute Gasteiger partial charge is 0.495 e. The number of carbonyl (C=O) groups excluding carboxylic acids is 1. The zero-order valence-corrected chi connectivity index (χ0v) is 13.6. The minimum absolute atomic E-state index is 0.0826.